The van der Waals surface area contributed by atoms with Crippen molar-refractivity contribution in [2.24, 2.45) is 0 Å². The van der Waals surface area contributed by atoms with Gasteiger partial charge in [-0.2, -0.15) is 13.2 Å². The molecule has 3 nitrogen and oxygen atoms in total. The van der Waals surface area contributed by atoms with E-state index in [-0.39, 0.29) is 12.3 Å². The summed E-state index contributed by atoms with van der Waals surface area (Å²) in [4.78, 5) is 16.1. The van der Waals surface area contributed by atoms with Gasteiger partial charge in [-0.1, -0.05) is 6.07 Å². The van der Waals surface area contributed by atoms with Gasteiger partial charge in [0.25, 0.3) is 0 Å². The number of aromatic nitrogens is 1. The number of thiophene rings is 1. The predicted octanol–water partition coefficient (Wildman–Crippen LogP) is 4.58. The van der Waals surface area contributed by atoms with Gasteiger partial charge >= 0.3 is 6.18 Å². The second-order valence-electron chi connectivity index (χ2n) is 6.62. The monoisotopic (exact) mass is 370 g/mol. The van der Waals surface area contributed by atoms with Gasteiger partial charge in [0.2, 0.25) is 0 Å². The predicted molar refractivity (Wildman–Crippen MR) is 92.0 cm³/mol. The van der Waals surface area contributed by atoms with Crippen LogP contribution in [-0.2, 0) is 13.1 Å². The van der Waals surface area contributed by atoms with Crippen LogP contribution in [0.2, 0.25) is 0 Å². The number of alkyl halides is 3. The van der Waals surface area contributed by atoms with Crippen LogP contribution >= 0.6 is 11.3 Å². The van der Waals surface area contributed by atoms with E-state index in [0.717, 1.165) is 19.4 Å². The van der Waals surface area contributed by atoms with E-state index < -0.39 is 12.7 Å². The molecule has 0 radical (unpaired) electrons. The molecule has 25 heavy (non-hydrogen) atoms. The standard InChI is InChI=1S/C18H21F3N2OS/c1-12-8-16(13(2)23(12)11-18(19,20)21)17(24)10-22(14-5-6-14)9-15-4-3-7-25-15/h3-4,7-8,14H,5-6,9-11H2,1-2H3. The van der Waals surface area contributed by atoms with Crippen LogP contribution in [0.5, 0.6) is 0 Å². The Kier molecular flexibility index (Phi) is 5.06. The summed E-state index contributed by atoms with van der Waals surface area (Å²) < 4.78 is 39.4. The third kappa shape index (κ3) is 4.52. The molecule has 1 aliphatic carbocycles. The SMILES string of the molecule is Cc1cc(C(=O)CN(Cc2cccs2)C2CC2)c(C)n1CC(F)(F)F. The van der Waals surface area contributed by atoms with Crippen LogP contribution in [0.3, 0.4) is 0 Å². The molecule has 1 aliphatic rings. The van der Waals surface area contributed by atoms with Crippen molar-refractivity contribution >= 4 is 17.1 Å². The first-order valence-corrected chi connectivity index (χ1v) is 9.15. The molecular formula is C18H21F3N2OS. The minimum Gasteiger partial charge on any atom is -0.339 e. The summed E-state index contributed by atoms with van der Waals surface area (Å²) in [5, 5.41) is 2.01. The second-order valence-corrected chi connectivity index (χ2v) is 7.66. The summed E-state index contributed by atoms with van der Waals surface area (Å²) >= 11 is 1.65. The fourth-order valence-corrected chi connectivity index (χ4v) is 3.86. The highest BCUT2D eigenvalue weighted by Gasteiger charge is 2.33. The molecule has 136 valence electrons. The molecule has 0 N–H and O–H groups in total. The molecule has 0 atom stereocenters. The molecular weight excluding hydrogens is 349 g/mol. The molecule has 0 bridgehead atoms. The van der Waals surface area contributed by atoms with Crippen molar-refractivity contribution in [3.63, 3.8) is 0 Å². The summed E-state index contributed by atoms with van der Waals surface area (Å²) in [6, 6.07) is 6.02. The summed E-state index contributed by atoms with van der Waals surface area (Å²) in [5.41, 5.74) is 1.26. The van der Waals surface area contributed by atoms with Crippen LogP contribution in [0.4, 0.5) is 13.2 Å². The van der Waals surface area contributed by atoms with Crippen molar-refractivity contribution in [3.8, 4) is 0 Å². The van der Waals surface area contributed by atoms with Crippen LogP contribution in [0.1, 0.15) is 39.5 Å². The number of halogens is 3. The lowest BCUT2D eigenvalue weighted by Gasteiger charge is -2.20. The Balaban J connectivity index is 1.75. The number of nitrogens with zero attached hydrogens (tertiary/aromatic N) is 2. The van der Waals surface area contributed by atoms with Gasteiger partial charge in [0.05, 0.1) is 6.54 Å². The van der Waals surface area contributed by atoms with Gasteiger partial charge in [-0.15, -0.1) is 11.3 Å². The normalized spacial score (nSPS) is 15.1. The summed E-state index contributed by atoms with van der Waals surface area (Å²) in [5.74, 6) is -0.106. The Bertz CT molecular complexity index is 745. The number of carbonyl (C=O) groups excluding carboxylic acids is 1. The Hall–Kier alpha value is -1.60. The van der Waals surface area contributed by atoms with E-state index in [1.54, 1.807) is 31.3 Å². The molecule has 0 saturated heterocycles. The Morgan fingerprint density at radius 3 is 2.64 bits per heavy atom. The lowest BCUT2D eigenvalue weighted by atomic mass is 10.1. The largest absolute Gasteiger partial charge is 0.406 e. The van der Waals surface area contributed by atoms with Crippen LogP contribution in [0.25, 0.3) is 0 Å². The minimum atomic E-state index is -4.30. The van der Waals surface area contributed by atoms with Gasteiger partial charge < -0.3 is 4.57 Å². The molecule has 1 fully saturated rings. The average molecular weight is 370 g/mol. The quantitative estimate of drug-likeness (QED) is 0.667. The lowest BCUT2D eigenvalue weighted by Crippen LogP contribution is -2.31. The van der Waals surface area contributed by atoms with E-state index in [1.807, 2.05) is 17.5 Å². The molecule has 2 aromatic heterocycles. The first-order chi connectivity index (χ1) is 11.7. The smallest absolute Gasteiger partial charge is 0.339 e. The van der Waals surface area contributed by atoms with Crippen molar-refractivity contribution < 1.29 is 18.0 Å². The van der Waals surface area contributed by atoms with Crippen LogP contribution in [0, 0.1) is 13.8 Å². The average Bonchev–Trinajstić information content (AvgIpc) is 3.18. The topological polar surface area (TPSA) is 25.2 Å². The highest BCUT2D eigenvalue weighted by Crippen LogP contribution is 2.30. The molecule has 2 aromatic rings. The maximum Gasteiger partial charge on any atom is 0.406 e. The fourth-order valence-electron chi connectivity index (χ4n) is 3.13. The van der Waals surface area contributed by atoms with Crippen molar-refractivity contribution in [1.29, 1.82) is 0 Å². The molecule has 2 heterocycles. The lowest BCUT2D eigenvalue weighted by molar-refractivity contribution is -0.141. The van der Waals surface area contributed by atoms with Gasteiger partial charge in [0.1, 0.15) is 6.54 Å². The molecule has 0 amide bonds. The zero-order valence-corrected chi connectivity index (χ0v) is 15.1. The van der Waals surface area contributed by atoms with Gasteiger partial charge in [-0.05, 0) is 44.2 Å². The van der Waals surface area contributed by atoms with Crippen LogP contribution < -0.4 is 0 Å². The number of Topliss-reactive ketones (excluding diaryl/α,β-unsaturated/α-hetero) is 1. The molecule has 0 aliphatic heterocycles. The Morgan fingerprint density at radius 1 is 1.36 bits per heavy atom. The van der Waals surface area contributed by atoms with Crippen molar-refractivity contribution in [1.82, 2.24) is 9.47 Å². The van der Waals surface area contributed by atoms with E-state index >= 15 is 0 Å². The number of aryl methyl sites for hydroxylation is 1. The van der Waals surface area contributed by atoms with E-state index in [2.05, 4.69) is 4.90 Å². The number of ketones is 1. The number of carbonyl (C=O) groups is 1. The molecule has 0 unspecified atom stereocenters. The third-order valence-corrected chi connectivity index (χ3v) is 5.42. The fraction of sp³-hybridized carbons (Fsp3) is 0.500. The number of hydrogen-bond acceptors (Lipinski definition) is 3. The number of hydrogen-bond donors (Lipinski definition) is 0. The van der Waals surface area contributed by atoms with Gasteiger partial charge in [-0.25, -0.2) is 0 Å². The molecule has 7 heteroatoms. The zero-order chi connectivity index (χ0) is 18.2. The minimum absolute atomic E-state index is 0.106. The highest BCUT2D eigenvalue weighted by molar-refractivity contribution is 7.09. The highest BCUT2D eigenvalue weighted by atomic mass is 32.1. The molecule has 3 rings (SSSR count). The Morgan fingerprint density at radius 2 is 2.08 bits per heavy atom. The maximum absolute atomic E-state index is 12.7. The summed E-state index contributed by atoms with van der Waals surface area (Å²) in [6.45, 7) is 3.11. The van der Waals surface area contributed by atoms with E-state index in [0.29, 0.717) is 23.0 Å². The molecule has 1 saturated carbocycles. The first kappa shape index (κ1) is 18.2. The van der Waals surface area contributed by atoms with Crippen molar-refractivity contribution in [2.45, 2.75) is 52.0 Å². The third-order valence-electron chi connectivity index (χ3n) is 4.56. The van der Waals surface area contributed by atoms with Gasteiger partial charge in [-0.3, -0.25) is 9.69 Å². The summed E-state index contributed by atoms with van der Waals surface area (Å²) in [6.07, 6.45) is -2.15. The van der Waals surface area contributed by atoms with E-state index in [1.165, 1.54) is 9.44 Å². The Labute approximate surface area is 149 Å². The first-order valence-electron chi connectivity index (χ1n) is 8.27. The van der Waals surface area contributed by atoms with Gasteiger partial charge in [0, 0.05) is 34.4 Å². The van der Waals surface area contributed by atoms with Crippen molar-refractivity contribution in [3.05, 3.63) is 45.4 Å². The second kappa shape index (κ2) is 6.96. The maximum atomic E-state index is 12.7. The van der Waals surface area contributed by atoms with Crippen LogP contribution in [-0.4, -0.2) is 34.0 Å². The van der Waals surface area contributed by atoms with Crippen molar-refractivity contribution in [2.75, 3.05) is 6.54 Å². The van der Waals surface area contributed by atoms with E-state index in [4.69, 9.17) is 0 Å². The summed E-state index contributed by atoms with van der Waals surface area (Å²) in [7, 11) is 0. The molecule has 0 aromatic carbocycles. The van der Waals surface area contributed by atoms with Crippen LogP contribution in [0.15, 0.2) is 23.6 Å². The zero-order valence-electron chi connectivity index (χ0n) is 14.3. The molecule has 0 spiro atoms. The van der Waals surface area contributed by atoms with E-state index in [9.17, 15) is 18.0 Å². The number of rotatable bonds is 7. The van der Waals surface area contributed by atoms with Gasteiger partial charge in [0.15, 0.2) is 5.78 Å².